The maximum Gasteiger partial charge on any atom is 0.174 e. The normalized spacial score (nSPS) is 11.0. The fraction of sp³-hybridized carbons (Fsp3) is 0.118. The van der Waals surface area contributed by atoms with Crippen molar-refractivity contribution in [3.8, 4) is 17.6 Å². The highest BCUT2D eigenvalue weighted by Crippen LogP contribution is 2.34. The number of nitriles is 1. The average Bonchev–Trinajstić information content (AvgIpc) is 2.51. The molecule has 0 fully saturated rings. The molecule has 0 N–H and O–H groups in total. The standard InChI is InChI=1S/C17H13ClINO2/c1-21-16-8-11(7-15(19)17(16)22-2)6-13(10-20)12-4-3-5-14(18)9-12/h3-9H,1-2H3/b13-6-. The van der Waals surface area contributed by atoms with Gasteiger partial charge in [-0.3, -0.25) is 0 Å². The first-order valence-electron chi connectivity index (χ1n) is 6.38. The lowest BCUT2D eigenvalue weighted by Crippen LogP contribution is -1.94. The zero-order valence-corrected chi connectivity index (χ0v) is 15.0. The highest BCUT2D eigenvalue weighted by molar-refractivity contribution is 14.1. The topological polar surface area (TPSA) is 42.2 Å². The molecule has 0 radical (unpaired) electrons. The van der Waals surface area contributed by atoms with Crippen LogP contribution in [-0.2, 0) is 0 Å². The second-order valence-corrected chi connectivity index (χ2v) is 6.02. The van der Waals surface area contributed by atoms with Crippen molar-refractivity contribution in [2.75, 3.05) is 14.2 Å². The first-order chi connectivity index (χ1) is 10.6. The Hall–Kier alpha value is -1.71. The van der Waals surface area contributed by atoms with Gasteiger partial charge in [0.2, 0.25) is 0 Å². The van der Waals surface area contributed by atoms with Crippen molar-refractivity contribution in [2.24, 2.45) is 0 Å². The molecule has 0 heterocycles. The van der Waals surface area contributed by atoms with E-state index in [4.69, 9.17) is 21.1 Å². The maximum atomic E-state index is 9.41. The molecule has 0 saturated carbocycles. The van der Waals surface area contributed by atoms with Gasteiger partial charge in [0.1, 0.15) is 0 Å². The predicted molar refractivity (Wildman–Crippen MR) is 97.2 cm³/mol. The Morgan fingerprint density at radius 2 is 2.00 bits per heavy atom. The van der Waals surface area contributed by atoms with E-state index in [0.717, 1.165) is 14.7 Å². The Morgan fingerprint density at radius 1 is 1.23 bits per heavy atom. The SMILES string of the molecule is COc1cc(/C=C(/C#N)c2cccc(Cl)c2)cc(I)c1OC. The number of methoxy groups -OCH3 is 2. The molecule has 0 spiro atoms. The van der Waals surface area contributed by atoms with Crippen LogP contribution >= 0.6 is 34.2 Å². The summed E-state index contributed by atoms with van der Waals surface area (Å²) in [6, 6.07) is 13.2. The number of ether oxygens (including phenoxy) is 2. The fourth-order valence-electron chi connectivity index (χ4n) is 2.02. The fourth-order valence-corrected chi connectivity index (χ4v) is 3.06. The number of nitrogens with zero attached hydrogens (tertiary/aromatic N) is 1. The molecular formula is C17H13ClINO2. The Labute approximate surface area is 148 Å². The monoisotopic (exact) mass is 425 g/mol. The Morgan fingerprint density at radius 3 is 2.59 bits per heavy atom. The molecule has 0 aromatic heterocycles. The molecule has 0 saturated heterocycles. The minimum Gasteiger partial charge on any atom is -0.493 e. The third-order valence-electron chi connectivity index (χ3n) is 3.02. The molecular weight excluding hydrogens is 413 g/mol. The highest BCUT2D eigenvalue weighted by Gasteiger charge is 2.10. The van der Waals surface area contributed by atoms with Crippen LogP contribution in [0.4, 0.5) is 0 Å². The van der Waals surface area contributed by atoms with Crippen LogP contribution in [0.3, 0.4) is 0 Å². The Kier molecular flexibility index (Phi) is 5.69. The van der Waals surface area contributed by atoms with Crippen LogP contribution in [0, 0.1) is 14.9 Å². The van der Waals surface area contributed by atoms with E-state index in [2.05, 4.69) is 28.7 Å². The molecule has 0 aliphatic rings. The lowest BCUT2D eigenvalue weighted by atomic mass is 10.0. The van der Waals surface area contributed by atoms with E-state index in [1.165, 1.54) is 0 Å². The highest BCUT2D eigenvalue weighted by atomic mass is 127. The van der Waals surface area contributed by atoms with E-state index >= 15 is 0 Å². The molecule has 0 aliphatic carbocycles. The van der Waals surface area contributed by atoms with E-state index in [-0.39, 0.29) is 0 Å². The molecule has 0 unspecified atom stereocenters. The van der Waals surface area contributed by atoms with E-state index in [1.54, 1.807) is 32.4 Å². The molecule has 2 aromatic rings. The van der Waals surface area contributed by atoms with Gasteiger partial charge in [0, 0.05) is 5.02 Å². The van der Waals surface area contributed by atoms with Crippen molar-refractivity contribution < 1.29 is 9.47 Å². The summed E-state index contributed by atoms with van der Waals surface area (Å²) >= 11 is 8.16. The minimum atomic E-state index is 0.533. The van der Waals surface area contributed by atoms with Gasteiger partial charge >= 0.3 is 0 Å². The van der Waals surface area contributed by atoms with E-state index in [9.17, 15) is 5.26 Å². The summed E-state index contributed by atoms with van der Waals surface area (Å²) < 4.78 is 11.6. The minimum absolute atomic E-state index is 0.533. The van der Waals surface area contributed by atoms with Gasteiger partial charge in [-0.1, -0.05) is 23.7 Å². The third-order valence-corrected chi connectivity index (χ3v) is 4.06. The Balaban J connectivity index is 2.51. The molecule has 3 nitrogen and oxygen atoms in total. The van der Waals surface area contributed by atoms with Gasteiger partial charge in [-0.15, -0.1) is 0 Å². The lowest BCUT2D eigenvalue weighted by Gasteiger charge is -2.11. The third kappa shape index (κ3) is 3.73. The van der Waals surface area contributed by atoms with E-state index < -0.39 is 0 Å². The lowest BCUT2D eigenvalue weighted by molar-refractivity contribution is 0.353. The van der Waals surface area contributed by atoms with Crippen LogP contribution in [-0.4, -0.2) is 14.2 Å². The van der Waals surface area contributed by atoms with Crippen LogP contribution in [0.15, 0.2) is 36.4 Å². The molecule has 0 aliphatic heterocycles. The van der Waals surface area contributed by atoms with Crippen molar-refractivity contribution in [3.05, 3.63) is 56.1 Å². The number of rotatable bonds is 4. The summed E-state index contributed by atoms with van der Waals surface area (Å²) in [7, 11) is 3.19. The number of hydrogen-bond acceptors (Lipinski definition) is 3. The summed E-state index contributed by atoms with van der Waals surface area (Å²) in [4.78, 5) is 0. The predicted octanol–water partition coefficient (Wildman–Crippen LogP) is 5.03. The zero-order chi connectivity index (χ0) is 16.1. The van der Waals surface area contributed by atoms with Gasteiger partial charge in [-0.2, -0.15) is 5.26 Å². The van der Waals surface area contributed by atoms with Gasteiger partial charge in [0.05, 0.1) is 29.4 Å². The van der Waals surface area contributed by atoms with Gasteiger partial charge in [-0.25, -0.2) is 0 Å². The Bertz CT molecular complexity index is 766. The largest absolute Gasteiger partial charge is 0.493 e. The van der Waals surface area contributed by atoms with Crippen LogP contribution < -0.4 is 9.47 Å². The first kappa shape index (κ1) is 16.7. The van der Waals surface area contributed by atoms with Gasteiger partial charge in [0.25, 0.3) is 0 Å². The van der Waals surface area contributed by atoms with Crippen LogP contribution in [0.25, 0.3) is 11.6 Å². The molecule has 112 valence electrons. The average molecular weight is 426 g/mol. The van der Waals surface area contributed by atoms with E-state index in [1.807, 2.05) is 24.3 Å². The van der Waals surface area contributed by atoms with Crippen molar-refractivity contribution in [1.82, 2.24) is 0 Å². The van der Waals surface area contributed by atoms with Crippen LogP contribution in [0.5, 0.6) is 11.5 Å². The zero-order valence-electron chi connectivity index (χ0n) is 12.1. The molecule has 5 heteroatoms. The van der Waals surface area contributed by atoms with Crippen molar-refractivity contribution >= 4 is 45.8 Å². The van der Waals surface area contributed by atoms with Crippen LogP contribution in [0.2, 0.25) is 5.02 Å². The molecule has 0 atom stereocenters. The second-order valence-electron chi connectivity index (χ2n) is 4.42. The number of hydrogen-bond donors (Lipinski definition) is 0. The van der Waals surface area contributed by atoms with E-state index in [0.29, 0.717) is 22.1 Å². The van der Waals surface area contributed by atoms with Crippen molar-refractivity contribution in [1.29, 1.82) is 5.26 Å². The molecule has 0 bridgehead atoms. The summed E-state index contributed by atoms with van der Waals surface area (Å²) in [6.07, 6.45) is 1.80. The summed E-state index contributed by atoms with van der Waals surface area (Å²) in [5.74, 6) is 1.31. The molecule has 2 aromatic carbocycles. The molecule has 22 heavy (non-hydrogen) atoms. The maximum absolute atomic E-state index is 9.41. The smallest absolute Gasteiger partial charge is 0.174 e. The number of halogens is 2. The van der Waals surface area contributed by atoms with Gasteiger partial charge in [-0.05, 0) is 64.1 Å². The quantitative estimate of drug-likeness (QED) is 0.392. The van der Waals surface area contributed by atoms with Crippen LogP contribution in [0.1, 0.15) is 11.1 Å². The second kappa shape index (κ2) is 7.52. The first-order valence-corrected chi connectivity index (χ1v) is 7.84. The number of benzene rings is 2. The summed E-state index contributed by atoms with van der Waals surface area (Å²) in [5.41, 5.74) is 2.17. The van der Waals surface area contributed by atoms with Gasteiger partial charge < -0.3 is 9.47 Å². The van der Waals surface area contributed by atoms with Crippen molar-refractivity contribution in [3.63, 3.8) is 0 Å². The molecule has 0 amide bonds. The summed E-state index contributed by atoms with van der Waals surface area (Å²) in [6.45, 7) is 0. The van der Waals surface area contributed by atoms with Crippen molar-refractivity contribution in [2.45, 2.75) is 0 Å². The molecule has 2 rings (SSSR count). The van der Waals surface area contributed by atoms with Gasteiger partial charge in [0.15, 0.2) is 11.5 Å². The number of allylic oxidation sites excluding steroid dienone is 1. The summed E-state index contributed by atoms with van der Waals surface area (Å²) in [5, 5.41) is 10.0.